The Hall–Kier alpha value is -4.50. The molecule has 0 unspecified atom stereocenters. The molecular weight excluding hydrogens is 529 g/mol. The molecule has 5 rings (SSSR count). The van der Waals surface area contributed by atoms with Crippen LogP contribution in [0.5, 0.6) is 0 Å². The van der Waals surface area contributed by atoms with E-state index in [1.807, 2.05) is 30.3 Å². The van der Waals surface area contributed by atoms with Gasteiger partial charge in [-0.1, -0.05) is 42.5 Å². The molecule has 41 heavy (non-hydrogen) atoms. The third-order valence-electron chi connectivity index (χ3n) is 7.26. The Kier molecular flexibility index (Phi) is 8.45. The lowest BCUT2D eigenvalue weighted by Gasteiger charge is -2.24. The maximum absolute atomic E-state index is 14.4. The van der Waals surface area contributed by atoms with E-state index in [-0.39, 0.29) is 23.9 Å². The summed E-state index contributed by atoms with van der Waals surface area (Å²) in [5.41, 5.74) is 2.73. The maximum atomic E-state index is 14.4. The first kappa shape index (κ1) is 28.0. The van der Waals surface area contributed by atoms with E-state index in [9.17, 15) is 22.8 Å². The zero-order valence-electron chi connectivity index (χ0n) is 22.3. The Morgan fingerprint density at radius 3 is 2.44 bits per heavy atom. The highest BCUT2D eigenvalue weighted by molar-refractivity contribution is 5.95. The predicted molar refractivity (Wildman–Crippen MR) is 149 cm³/mol. The minimum Gasteiger partial charge on any atom is -0.355 e. The number of rotatable bonds is 8. The zero-order chi connectivity index (χ0) is 28.9. The first-order valence-electron chi connectivity index (χ1n) is 13.4. The molecule has 9 heteroatoms. The summed E-state index contributed by atoms with van der Waals surface area (Å²) >= 11 is 0. The van der Waals surface area contributed by atoms with Crippen LogP contribution in [-0.2, 0) is 11.2 Å². The summed E-state index contributed by atoms with van der Waals surface area (Å²) in [4.78, 5) is 30.4. The molecule has 6 nitrogen and oxygen atoms in total. The van der Waals surface area contributed by atoms with Crippen LogP contribution in [-0.4, -0.2) is 29.9 Å². The van der Waals surface area contributed by atoms with Crippen molar-refractivity contribution >= 4 is 11.8 Å². The van der Waals surface area contributed by atoms with Crippen LogP contribution < -0.4 is 16.0 Å². The topological polar surface area (TPSA) is 83.1 Å². The van der Waals surface area contributed by atoms with Crippen molar-refractivity contribution in [3.63, 3.8) is 0 Å². The Bertz CT molecular complexity index is 1540. The number of pyridine rings is 1. The van der Waals surface area contributed by atoms with Crippen LogP contribution >= 0.6 is 0 Å². The van der Waals surface area contributed by atoms with E-state index in [0.29, 0.717) is 28.8 Å². The molecule has 0 aliphatic carbocycles. The van der Waals surface area contributed by atoms with Crippen molar-refractivity contribution in [3.8, 4) is 11.1 Å². The summed E-state index contributed by atoms with van der Waals surface area (Å²) in [7, 11) is 1.41. The zero-order valence-corrected chi connectivity index (χ0v) is 22.3. The van der Waals surface area contributed by atoms with Gasteiger partial charge in [-0.05, 0) is 66.3 Å². The molecule has 1 fully saturated rings. The first-order chi connectivity index (χ1) is 19.8. The number of carbonyl (C=O) groups excluding carboxylic acids is 2. The van der Waals surface area contributed by atoms with Gasteiger partial charge in [-0.25, -0.2) is 13.2 Å². The van der Waals surface area contributed by atoms with Gasteiger partial charge in [0.25, 0.3) is 5.91 Å². The monoisotopic (exact) mass is 558 g/mol. The van der Waals surface area contributed by atoms with Crippen molar-refractivity contribution in [1.82, 2.24) is 20.9 Å². The van der Waals surface area contributed by atoms with E-state index in [4.69, 9.17) is 0 Å². The Morgan fingerprint density at radius 2 is 1.71 bits per heavy atom. The SMILES string of the molecule is CNC(=O)c1cc(-c2cccnc2[C@H](Cc2cc(F)cc(F)c2)NC(=O)[C@H]2CC[C@@H](c3ccccc3)N2)ccc1F. The van der Waals surface area contributed by atoms with E-state index < -0.39 is 35.4 Å². The molecule has 1 aliphatic heterocycles. The Balaban J connectivity index is 1.48. The van der Waals surface area contributed by atoms with E-state index in [1.54, 1.807) is 18.3 Å². The fourth-order valence-corrected chi connectivity index (χ4v) is 5.29. The number of hydrogen-bond acceptors (Lipinski definition) is 4. The van der Waals surface area contributed by atoms with Gasteiger partial charge in [0.1, 0.15) is 17.5 Å². The largest absolute Gasteiger partial charge is 0.355 e. The highest BCUT2D eigenvalue weighted by Crippen LogP contribution is 2.32. The van der Waals surface area contributed by atoms with Gasteiger partial charge in [0.15, 0.2) is 0 Å². The van der Waals surface area contributed by atoms with Gasteiger partial charge in [0, 0.05) is 30.9 Å². The van der Waals surface area contributed by atoms with Crippen molar-refractivity contribution in [1.29, 1.82) is 0 Å². The van der Waals surface area contributed by atoms with Gasteiger partial charge in [-0.2, -0.15) is 0 Å². The summed E-state index contributed by atoms with van der Waals surface area (Å²) in [5, 5.41) is 8.85. The van der Waals surface area contributed by atoms with Gasteiger partial charge >= 0.3 is 0 Å². The van der Waals surface area contributed by atoms with Crippen LogP contribution in [0.3, 0.4) is 0 Å². The predicted octanol–water partition coefficient (Wildman–Crippen LogP) is 5.42. The molecule has 3 N–H and O–H groups in total. The molecule has 4 aromatic rings. The Labute approximate surface area is 236 Å². The lowest BCUT2D eigenvalue weighted by atomic mass is 9.94. The van der Waals surface area contributed by atoms with Gasteiger partial charge < -0.3 is 10.6 Å². The van der Waals surface area contributed by atoms with Crippen molar-refractivity contribution in [2.24, 2.45) is 0 Å². The molecule has 210 valence electrons. The number of aromatic nitrogens is 1. The molecule has 0 saturated carbocycles. The molecule has 3 atom stereocenters. The molecular formula is C32H29F3N4O2. The third kappa shape index (κ3) is 6.47. The summed E-state index contributed by atoms with van der Waals surface area (Å²) in [6.45, 7) is 0. The van der Waals surface area contributed by atoms with Crippen LogP contribution in [0.2, 0.25) is 0 Å². The molecule has 0 spiro atoms. The standard InChI is InChI=1S/C32H29F3N4O2/c1-36-31(40)25-17-21(9-10-26(25)35)24-8-5-13-37-30(24)29(16-19-14-22(33)18-23(34)15-19)39-32(41)28-12-11-27(38-28)20-6-3-2-4-7-20/h2-10,13-15,17-18,27-29,38H,11-12,16H2,1H3,(H,36,40)(H,39,41)/t27-,28+,29-/m0/s1. The van der Waals surface area contributed by atoms with Crippen LogP contribution in [0.15, 0.2) is 85.1 Å². The van der Waals surface area contributed by atoms with E-state index in [1.165, 1.54) is 37.4 Å². The van der Waals surface area contributed by atoms with Crippen molar-refractivity contribution in [2.45, 2.75) is 37.4 Å². The van der Waals surface area contributed by atoms with Crippen LogP contribution in [0.4, 0.5) is 13.2 Å². The summed E-state index contributed by atoms with van der Waals surface area (Å²) in [6.07, 6.45) is 2.97. The first-order valence-corrected chi connectivity index (χ1v) is 13.4. The molecule has 3 aromatic carbocycles. The summed E-state index contributed by atoms with van der Waals surface area (Å²) < 4.78 is 42.6. The number of amides is 2. The number of nitrogens with zero attached hydrogens (tertiary/aromatic N) is 1. The maximum Gasteiger partial charge on any atom is 0.254 e. The third-order valence-corrected chi connectivity index (χ3v) is 7.26. The number of halogens is 3. The summed E-state index contributed by atoms with van der Waals surface area (Å²) in [6, 6.07) is 19.4. The normalized spacial score (nSPS) is 17.2. The van der Waals surface area contributed by atoms with Crippen LogP contribution in [0.1, 0.15) is 52.1 Å². The number of hydrogen-bond donors (Lipinski definition) is 3. The van der Waals surface area contributed by atoms with E-state index in [2.05, 4.69) is 20.9 Å². The lowest BCUT2D eigenvalue weighted by Crippen LogP contribution is -2.43. The summed E-state index contributed by atoms with van der Waals surface area (Å²) in [5.74, 6) is -3.01. The fourth-order valence-electron chi connectivity index (χ4n) is 5.29. The molecule has 1 saturated heterocycles. The van der Waals surface area contributed by atoms with Gasteiger partial charge in [-0.3, -0.25) is 19.9 Å². The molecule has 2 heterocycles. The smallest absolute Gasteiger partial charge is 0.254 e. The van der Waals surface area contributed by atoms with Crippen LogP contribution in [0, 0.1) is 17.5 Å². The second kappa shape index (κ2) is 12.3. The number of benzene rings is 3. The number of nitrogens with one attached hydrogen (secondary N) is 3. The van der Waals surface area contributed by atoms with Crippen molar-refractivity contribution < 1.29 is 22.8 Å². The molecule has 1 aliphatic rings. The average molecular weight is 559 g/mol. The van der Waals surface area contributed by atoms with E-state index in [0.717, 1.165) is 18.1 Å². The molecule has 0 bridgehead atoms. The molecule has 1 aromatic heterocycles. The van der Waals surface area contributed by atoms with Gasteiger partial charge in [-0.15, -0.1) is 0 Å². The molecule has 0 radical (unpaired) electrons. The highest BCUT2D eigenvalue weighted by atomic mass is 19.1. The van der Waals surface area contributed by atoms with Gasteiger partial charge in [0.05, 0.1) is 23.3 Å². The Morgan fingerprint density at radius 1 is 0.951 bits per heavy atom. The van der Waals surface area contributed by atoms with Gasteiger partial charge in [0.2, 0.25) is 5.91 Å². The van der Waals surface area contributed by atoms with Crippen molar-refractivity contribution in [2.75, 3.05) is 7.05 Å². The van der Waals surface area contributed by atoms with Crippen molar-refractivity contribution in [3.05, 3.63) is 125 Å². The lowest BCUT2D eigenvalue weighted by molar-refractivity contribution is -0.123. The second-order valence-corrected chi connectivity index (χ2v) is 10.0. The van der Waals surface area contributed by atoms with E-state index >= 15 is 0 Å². The molecule has 2 amide bonds. The quantitative estimate of drug-likeness (QED) is 0.270. The highest BCUT2D eigenvalue weighted by Gasteiger charge is 2.32. The number of carbonyl (C=O) groups is 2. The average Bonchev–Trinajstić information content (AvgIpc) is 3.47. The minimum atomic E-state index is -0.786. The fraction of sp³-hybridized carbons (Fsp3) is 0.219. The minimum absolute atomic E-state index is 0.0236. The van der Waals surface area contributed by atoms with Crippen LogP contribution in [0.25, 0.3) is 11.1 Å². The second-order valence-electron chi connectivity index (χ2n) is 10.0.